The second-order valence-corrected chi connectivity index (χ2v) is 7.27. The summed E-state index contributed by atoms with van der Waals surface area (Å²) in [4.78, 5) is 0. The largest absolute Gasteiger partial charge is 0.483 e. The molecule has 0 radical (unpaired) electrons. The predicted molar refractivity (Wildman–Crippen MR) is 106 cm³/mol. The summed E-state index contributed by atoms with van der Waals surface area (Å²) in [6.45, 7) is 2.07. The van der Waals surface area contributed by atoms with Gasteiger partial charge in [0.05, 0.1) is 6.61 Å². The van der Waals surface area contributed by atoms with Gasteiger partial charge in [0, 0.05) is 19.1 Å². The Labute approximate surface area is 169 Å². The average molecular weight is 390 g/mol. The highest BCUT2D eigenvalue weighted by Gasteiger charge is 2.61. The van der Waals surface area contributed by atoms with Crippen molar-refractivity contribution in [1.29, 1.82) is 0 Å². The maximum atomic E-state index is 6.09. The molecule has 0 saturated carbocycles. The molecule has 0 N–H and O–H groups in total. The third-order valence-corrected chi connectivity index (χ3v) is 5.32. The molecule has 6 nitrogen and oxygen atoms in total. The van der Waals surface area contributed by atoms with E-state index in [1.807, 2.05) is 66.7 Å². The SMILES string of the molecule is c1ccc(COc2cc(C34CCOCC3O4)nnc2OCc2ccccc2)cc1. The van der Waals surface area contributed by atoms with Crippen molar-refractivity contribution in [2.45, 2.75) is 31.3 Å². The fourth-order valence-corrected chi connectivity index (χ4v) is 3.61. The lowest BCUT2D eigenvalue weighted by atomic mass is 9.95. The molecule has 2 saturated heterocycles. The Balaban J connectivity index is 1.38. The molecule has 3 heterocycles. The number of epoxide rings is 1. The second-order valence-electron chi connectivity index (χ2n) is 7.27. The standard InChI is InChI=1S/C23H22N2O4/c1-3-7-17(8-4-1)14-27-19-13-20(23-11-12-26-16-21(23)29-23)24-25-22(19)28-15-18-9-5-2-6-10-18/h1-10,13,21H,11-12,14-16H2. The molecular weight excluding hydrogens is 368 g/mol. The Kier molecular flexibility index (Phi) is 4.87. The van der Waals surface area contributed by atoms with Gasteiger partial charge in [-0.05, 0) is 11.1 Å². The zero-order chi connectivity index (χ0) is 19.5. The zero-order valence-electron chi connectivity index (χ0n) is 16.0. The molecule has 5 rings (SSSR count). The summed E-state index contributed by atoms with van der Waals surface area (Å²) < 4.78 is 23.4. The number of benzene rings is 2. The monoisotopic (exact) mass is 390 g/mol. The highest BCUT2D eigenvalue weighted by atomic mass is 16.6. The Hall–Kier alpha value is -2.96. The van der Waals surface area contributed by atoms with Crippen LogP contribution in [-0.4, -0.2) is 29.5 Å². The first-order chi connectivity index (χ1) is 14.3. The molecule has 2 unspecified atom stereocenters. The zero-order valence-corrected chi connectivity index (χ0v) is 16.0. The van der Waals surface area contributed by atoms with Crippen LogP contribution in [0.25, 0.3) is 0 Å². The molecule has 0 bridgehead atoms. The third kappa shape index (κ3) is 3.81. The molecule has 0 spiro atoms. The average Bonchev–Trinajstić information content (AvgIpc) is 3.54. The molecule has 2 aliphatic rings. The summed E-state index contributed by atoms with van der Waals surface area (Å²) in [5, 5.41) is 8.74. The van der Waals surface area contributed by atoms with Crippen LogP contribution in [0, 0.1) is 0 Å². The number of fused-ring (bicyclic) bond motifs is 1. The van der Waals surface area contributed by atoms with E-state index >= 15 is 0 Å². The van der Waals surface area contributed by atoms with E-state index < -0.39 is 5.60 Å². The van der Waals surface area contributed by atoms with E-state index in [1.54, 1.807) is 0 Å². The summed E-state index contributed by atoms with van der Waals surface area (Å²) in [5.74, 6) is 0.957. The van der Waals surface area contributed by atoms with Crippen LogP contribution in [0.3, 0.4) is 0 Å². The van der Waals surface area contributed by atoms with Crippen LogP contribution in [0.2, 0.25) is 0 Å². The van der Waals surface area contributed by atoms with E-state index in [-0.39, 0.29) is 6.10 Å². The van der Waals surface area contributed by atoms with Crippen LogP contribution < -0.4 is 9.47 Å². The van der Waals surface area contributed by atoms with Crippen molar-refractivity contribution in [3.63, 3.8) is 0 Å². The first-order valence-electron chi connectivity index (χ1n) is 9.81. The van der Waals surface area contributed by atoms with E-state index in [4.69, 9.17) is 18.9 Å². The lowest BCUT2D eigenvalue weighted by Crippen LogP contribution is -2.26. The van der Waals surface area contributed by atoms with Crippen molar-refractivity contribution in [3.05, 3.63) is 83.6 Å². The molecule has 0 amide bonds. The van der Waals surface area contributed by atoms with Gasteiger partial charge in [-0.3, -0.25) is 0 Å². The Morgan fingerprint density at radius 1 is 0.897 bits per heavy atom. The number of rotatable bonds is 7. The van der Waals surface area contributed by atoms with Crippen molar-refractivity contribution in [1.82, 2.24) is 10.2 Å². The van der Waals surface area contributed by atoms with Gasteiger partial charge in [0.1, 0.15) is 30.6 Å². The van der Waals surface area contributed by atoms with Gasteiger partial charge in [-0.15, -0.1) is 10.2 Å². The van der Waals surface area contributed by atoms with Gasteiger partial charge in [-0.25, -0.2) is 0 Å². The fourth-order valence-electron chi connectivity index (χ4n) is 3.61. The van der Waals surface area contributed by atoms with E-state index in [2.05, 4.69) is 10.2 Å². The van der Waals surface area contributed by atoms with E-state index in [0.29, 0.717) is 38.1 Å². The van der Waals surface area contributed by atoms with Crippen LogP contribution in [0.5, 0.6) is 11.6 Å². The number of ether oxygens (including phenoxy) is 4. The predicted octanol–water partition coefficient (Wildman–Crippen LogP) is 3.65. The normalized spacial score (nSPS) is 22.6. The molecule has 2 aliphatic heterocycles. The van der Waals surface area contributed by atoms with Gasteiger partial charge < -0.3 is 18.9 Å². The maximum absolute atomic E-state index is 6.09. The Morgan fingerprint density at radius 2 is 1.59 bits per heavy atom. The van der Waals surface area contributed by atoms with Gasteiger partial charge in [0.25, 0.3) is 5.88 Å². The number of aromatic nitrogens is 2. The van der Waals surface area contributed by atoms with E-state index in [0.717, 1.165) is 23.2 Å². The topological polar surface area (TPSA) is 66.0 Å². The Morgan fingerprint density at radius 3 is 2.28 bits per heavy atom. The third-order valence-electron chi connectivity index (χ3n) is 5.32. The summed E-state index contributed by atoms with van der Waals surface area (Å²) in [5.41, 5.74) is 2.51. The van der Waals surface area contributed by atoms with Crippen molar-refractivity contribution >= 4 is 0 Å². The van der Waals surface area contributed by atoms with Crippen molar-refractivity contribution in [3.8, 4) is 11.6 Å². The van der Waals surface area contributed by atoms with Crippen molar-refractivity contribution in [2.75, 3.05) is 13.2 Å². The summed E-state index contributed by atoms with van der Waals surface area (Å²) in [6, 6.07) is 21.9. The molecule has 2 fully saturated rings. The molecule has 3 aromatic rings. The minimum atomic E-state index is -0.395. The summed E-state index contributed by atoms with van der Waals surface area (Å²) in [6.07, 6.45) is 0.818. The highest BCUT2D eigenvalue weighted by molar-refractivity contribution is 5.38. The first kappa shape index (κ1) is 18.1. The quantitative estimate of drug-likeness (QED) is 0.574. The van der Waals surface area contributed by atoms with Gasteiger partial charge in [0.15, 0.2) is 5.75 Å². The lowest BCUT2D eigenvalue weighted by Gasteiger charge is -2.18. The van der Waals surface area contributed by atoms with Crippen LogP contribution in [-0.2, 0) is 28.3 Å². The van der Waals surface area contributed by atoms with E-state index in [9.17, 15) is 0 Å². The van der Waals surface area contributed by atoms with Crippen LogP contribution in [0.15, 0.2) is 66.7 Å². The lowest BCUT2D eigenvalue weighted by molar-refractivity contribution is 0.0963. The molecule has 2 atom stereocenters. The minimum Gasteiger partial charge on any atom is -0.483 e. The number of hydrogen-bond acceptors (Lipinski definition) is 6. The second kappa shape index (κ2) is 7.81. The fraction of sp³-hybridized carbons (Fsp3) is 0.304. The van der Waals surface area contributed by atoms with Gasteiger partial charge >= 0.3 is 0 Å². The first-order valence-corrected chi connectivity index (χ1v) is 9.81. The maximum Gasteiger partial charge on any atom is 0.276 e. The van der Waals surface area contributed by atoms with Crippen LogP contribution in [0.1, 0.15) is 23.2 Å². The Bertz CT molecular complexity index is 967. The van der Waals surface area contributed by atoms with Crippen LogP contribution >= 0.6 is 0 Å². The van der Waals surface area contributed by atoms with Crippen LogP contribution in [0.4, 0.5) is 0 Å². The van der Waals surface area contributed by atoms with Crippen molar-refractivity contribution < 1.29 is 18.9 Å². The number of nitrogens with zero attached hydrogens (tertiary/aromatic N) is 2. The van der Waals surface area contributed by atoms with E-state index in [1.165, 1.54) is 0 Å². The molecule has 6 heteroatoms. The summed E-state index contributed by atoms with van der Waals surface area (Å²) in [7, 11) is 0. The molecule has 2 aromatic carbocycles. The van der Waals surface area contributed by atoms with Crippen molar-refractivity contribution in [2.24, 2.45) is 0 Å². The van der Waals surface area contributed by atoms with Gasteiger partial charge in [-0.1, -0.05) is 60.7 Å². The molecule has 0 aliphatic carbocycles. The molecule has 29 heavy (non-hydrogen) atoms. The minimum absolute atomic E-state index is 0.0450. The number of hydrogen-bond donors (Lipinski definition) is 0. The van der Waals surface area contributed by atoms with Gasteiger partial charge in [-0.2, -0.15) is 0 Å². The van der Waals surface area contributed by atoms with Gasteiger partial charge in [0.2, 0.25) is 0 Å². The molecule has 148 valence electrons. The summed E-state index contributed by atoms with van der Waals surface area (Å²) >= 11 is 0. The highest BCUT2D eigenvalue weighted by Crippen LogP contribution is 2.51. The molecule has 1 aromatic heterocycles. The smallest absolute Gasteiger partial charge is 0.276 e. The molecular formula is C23H22N2O4.